The van der Waals surface area contributed by atoms with Gasteiger partial charge in [-0.25, -0.2) is 0 Å². The molecule has 1 saturated carbocycles. The minimum absolute atomic E-state index is 0.0359. The highest BCUT2D eigenvalue weighted by Gasteiger charge is 2.55. The number of phenols is 1. The number of aliphatic hydroxyl groups is 2. The average molecular weight is 500 g/mol. The number of aromatic hydroxyl groups is 1. The fourth-order valence-electron chi connectivity index (χ4n) is 5.50. The number of benzene rings is 2. The van der Waals surface area contributed by atoms with Gasteiger partial charge in [0, 0.05) is 25.1 Å². The maximum atomic E-state index is 13.5. The second-order valence-electron chi connectivity index (χ2n) is 9.52. The van der Waals surface area contributed by atoms with E-state index in [9.17, 15) is 24.9 Å². The summed E-state index contributed by atoms with van der Waals surface area (Å²) in [5.74, 6) is -1.87. The molecule has 2 aromatic rings. The van der Waals surface area contributed by atoms with Crippen molar-refractivity contribution in [2.45, 2.75) is 42.9 Å². The summed E-state index contributed by atoms with van der Waals surface area (Å²) in [6.45, 7) is 0.403. The lowest BCUT2D eigenvalue weighted by atomic mass is 9.68. The maximum Gasteiger partial charge on any atom is 0.255 e. The molecule has 5 rings (SSSR count). The van der Waals surface area contributed by atoms with Crippen molar-refractivity contribution in [3.8, 4) is 17.2 Å². The largest absolute Gasteiger partial charge is 0.504 e. The molecule has 2 aliphatic heterocycles. The number of hydrogen-bond acceptors (Lipinski definition) is 9. The molecule has 2 amide bonds. The van der Waals surface area contributed by atoms with Gasteiger partial charge in [-0.15, -0.1) is 0 Å². The van der Waals surface area contributed by atoms with Gasteiger partial charge >= 0.3 is 0 Å². The first-order valence-corrected chi connectivity index (χ1v) is 11.6. The molecule has 2 aromatic carbocycles. The van der Waals surface area contributed by atoms with Gasteiger partial charge in [0.05, 0.1) is 17.6 Å². The molecule has 0 spiro atoms. The number of phenolic OH excluding ortho intramolecular Hbond substituents is 1. The highest BCUT2D eigenvalue weighted by molar-refractivity contribution is 6.02. The van der Waals surface area contributed by atoms with Crippen molar-refractivity contribution < 1.29 is 39.1 Å². The summed E-state index contributed by atoms with van der Waals surface area (Å²) in [7, 11) is 5.15. The maximum absolute atomic E-state index is 13.5. The molecular formula is C25H29N3O8. The summed E-state index contributed by atoms with van der Waals surface area (Å²) >= 11 is 0. The second-order valence-corrected chi connectivity index (χ2v) is 9.52. The molecular weight excluding hydrogens is 470 g/mol. The van der Waals surface area contributed by atoms with Gasteiger partial charge in [-0.05, 0) is 37.4 Å². The predicted molar refractivity (Wildman–Crippen MR) is 126 cm³/mol. The molecule has 11 heteroatoms. The fraction of sp³-hybridized carbons (Fsp3) is 0.440. The number of methoxy groups -OCH3 is 1. The molecule has 5 N–H and O–H groups in total. The van der Waals surface area contributed by atoms with Crippen molar-refractivity contribution in [1.82, 2.24) is 15.5 Å². The smallest absolute Gasteiger partial charge is 0.255 e. The van der Waals surface area contributed by atoms with E-state index in [0.717, 1.165) is 5.56 Å². The topological polar surface area (TPSA) is 150 Å². The highest BCUT2D eigenvalue weighted by atomic mass is 16.7. The molecule has 1 aliphatic carbocycles. The minimum atomic E-state index is -1.43. The Labute approximate surface area is 207 Å². The summed E-state index contributed by atoms with van der Waals surface area (Å²) in [4.78, 5) is 28.5. The van der Waals surface area contributed by atoms with Crippen LogP contribution in [0.5, 0.6) is 17.2 Å². The number of carbonyl (C=O) groups excluding carboxylic acids is 2. The monoisotopic (exact) mass is 499 g/mol. The van der Waals surface area contributed by atoms with E-state index in [-0.39, 0.29) is 29.6 Å². The lowest BCUT2D eigenvalue weighted by Crippen LogP contribution is -2.70. The Morgan fingerprint density at radius 2 is 1.97 bits per heavy atom. The van der Waals surface area contributed by atoms with E-state index < -0.39 is 48.1 Å². The molecule has 0 saturated heterocycles. The third kappa shape index (κ3) is 3.84. The Morgan fingerprint density at radius 1 is 1.22 bits per heavy atom. The lowest BCUT2D eigenvalue weighted by Gasteiger charge is -2.50. The third-order valence-corrected chi connectivity index (χ3v) is 7.05. The van der Waals surface area contributed by atoms with Crippen LogP contribution in [-0.4, -0.2) is 90.4 Å². The number of ether oxygens (including phenoxy) is 3. The van der Waals surface area contributed by atoms with Crippen LogP contribution < -0.4 is 20.1 Å². The van der Waals surface area contributed by atoms with Crippen LogP contribution in [0.4, 0.5) is 0 Å². The Hall–Kier alpha value is -3.38. The zero-order chi connectivity index (χ0) is 25.7. The molecule has 0 unspecified atom stereocenters. The van der Waals surface area contributed by atoms with Crippen molar-refractivity contribution in [2.24, 2.45) is 0 Å². The number of nitrogens with one attached hydrogen (secondary N) is 2. The van der Waals surface area contributed by atoms with Gasteiger partial charge in [-0.2, -0.15) is 0 Å². The summed E-state index contributed by atoms with van der Waals surface area (Å²) < 4.78 is 16.2. The Morgan fingerprint density at radius 3 is 2.69 bits per heavy atom. The van der Waals surface area contributed by atoms with Crippen molar-refractivity contribution >= 4 is 11.8 Å². The van der Waals surface area contributed by atoms with E-state index in [1.165, 1.54) is 7.11 Å². The zero-order valence-electron chi connectivity index (χ0n) is 20.1. The summed E-state index contributed by atoms with van der Waals surface area (Å²) in [6, 6.07) is 6.86. The average Bonchev–Trinajstić information content (AvgIpc) is 3.31. The highest BCUT2D eigenvalue weighted by Crippen LogP contribution is 2.50. The first-order valence-electron chi connectivity index (χ1n) is 11.6. The van der Waals surface area contributed by atoms with Gasteiger partial charge in [-0.3, -0.25) is 9.59 Å². The van der Waals surface area contributed by atoms with Gasteiger partial charge in [-0.1, -0.05) is 18.2 Å². The molecule has 3 aliphatic rings. The Kier molecular flexibility index (Phi) is 6.25. The molecule has 6 atom stereocenters. The van der Waals surface area contributed by atoms with Crippen LogP contribution in [0.1, 0.15) is 37.8 Å². The van der Waals surface area contributed by atoms with Crippen LogP contribution in [0.15, 0.2) is 30.3 Å². The van der Waals surface area contributed by atoms with E-state index in [4.69, 9.17) is 14.2 Å². The third-order valence-electron chi connectivity index (χ3n) is 7.05. The van der Waals surface area contributed by atoms with Gasteiger partial charge in [0.1, 0.15) is 18.3 Å². The van der Waals surface area contributed by atoms with Crippen LogP contribution in [0.25, 0.3) is 0 Å². The number of aliphatic hydroxyl groups excluding tert-OH is 2. The second kappa shape index (κ2) is 9.25. The van der Waals surface area contributed by atoms with E-state index in [1.54, 1.807) is 18.2 Å². The van der Waals surface area contributed by atoms with E-state index >= 15 is 0 Å². The van der Waals surface area contributed by atoms with Crippen molar-refractivity contribution in [2.75, 3.05) is 28.0 Å². The van der Waals surface area contributed by atoms with Gasteiger partial charge < -0.3 is 45.1 Å². The van der Waals surface area contributed by atoms with Crippen LogP contribution in [0.2, 0.25) is 0 Å². The SMILES string of the molecule is CO[C@@H]1[C@H](O)[C@@H](O)[C@H](NC(=O)c2ccccc2CN(C)C)[C@@H]2c3cc4c(c(O)c3C(=O)N[C@@H]12)OCO4. The first kappa shape index (κ1) is 24.3. The molecule has 1 fully saturated rings. The first-order chi connectivity index (χ1) is 17.2. The standard InChI is InChI=1S/C25H29N3O8/c1-28(2)9-11-6-4-5-7-12(11)24(32)26-17-15-13-8-14-22(36-10-35-14)19(29)16(13)25(33)27-18(15)23(34-3)21(31)20(17)30/h4-8,15,17-18,20-21,23,29-31H,9-10H2,1-3H3,(H,26,32)(H,27,33)/t15-,17+,18+,20-,21+,23-/m0/s1. The molecule has 36 heavy (non-hydrogen) atoms. The fourth-order valence-corrected chi connectivity index (χ4v) is 5.50. The minimum Gasteiger partial charge on any atom is -0.504 e. The molecule has 192 valence electrons. The van der Waals surface area contributed by atoms with E-state index in [0.29, 0.717) is 17.7 Å². The molecule has 0 radical (unpaired) electrons. The Balaban J connectivity index is 1.59. The van der Waals surface area contributed by atoms with Crippen LogP contribution in [0, 0.1) is 0 Å². The van der Waals surface area contributed by atoms with Crippen molar-refractivity contribution in [3.05, 3.63) is 52.6 Å². The normalized spacial score (nSPS) is 28.3. The predicted octanol–water partition coefficient (Wildman–Crippen LogP) is -0.0729. The number of rotatable bonds is 5. The van der Waals surface area contributed by atoms with Gasteiger partial charge in [0.25, 0.3) is 11.8 Å². The zero-order valence-corrected chi connectivity index (χ0v) is 20.1. The number of fused-ring (bicyclic) bond motifs is 4. The van der Waals surface area contributed by atoms with Crippen LogP contribution in [0.3, 0.4) is 0 Å². The van der Waals surface area contributed by atoms with E-state index in [1.807, 2.05) is 31.1 Å². The summed E-state index contributed by atoms with van der Waals surface area (Å²) in [5, 5.41) is 38.5. The van der Waals surface area contributed by atoms with Crippen LogP contribution >= 0.6 is 0 Å². The number of hydrogen-bond donors (Lipinski definition) is 5. The summed E-state index contributed by atoms with van der Waals surface area (Å²) in [5.41, 5.74) is 1.53. The molecule has 2 heterocycles. The van der Waals surface area contributed by atoms with Crippen molar-refractivity contribution in [1.29, 1.82) is 0 Å². The number of carbonyl (C=O) groups is 2. The molecule has 0 bridgehead atoms. The molecule has 11 nitrogen and oxygen atoms in total. The lowest BCUT2D eigenvalue weighted by molar-refractivity contribution is -0.129. The molecule has 0 aromatic heterocycles. The van der Waals surface area contributed by atoms with Crippen LogP contribution in [-0.2, 0) is 11.3 Å². The number of nitrogens with zero attached hydrogens (tertiary/aromatic N) is 1. The van der Waals surface area contributed by atoms with Gasteiger partial charge in [0.2, 0.25) is 12.5 Å². The number of amides is 2. The Bertz CT molecular complexity index is 1200. The summed E-state index contributed by atoms with van der Waals surface area (Å²) in [6.07, 6.45) is -3.80. The quantitative estimate of drug-likeness (QED) is 0.381. The van der Waals surface area contributed by atoms with E-state index in [2.05, 4.69) is 10.6 Å². The van der Waals surface area contributed by atoms with Gasteiger partial charge in [0.15, 0.2) is 11.5 Å². The van der Waals surface area contributed by atoms with Crippen molar-refractivity contribution in [3.63, 3.8) is 0 Å².